The van der Waals surface area contributed by atoms with Gasteiger partial charge in [0.1, 0.15) is 18.3 Å². The number of aliphatic hydroxyl groups excluding tert-OH is 2. The highest BCUT2D eigenvalue weighted by Gasteiger charge is 2.48. The molecule has 3 aliphatic rings. The molecule has 14 nitrogen and oxygen atoms in total. The number of ether oxygens (including phenoxy) is 1. The highest BCUT2D eigenvalue weighted by atomic mass is 35.5. The van der Waals surface area contributed by atoms with Gasteiger partial charge in [-0.05, 0) is 41.8 Å². The Labute approximate surface area is 252 Å². The first-order valence-electron chi connectivity index (χ1n) is 14.1. The summed E-state index contributed by atoms with van der Waals surface area (Å²) in [6.45, 7) is 0.0725. The number of halogens is 1. The summed E-state index contributed by atoms with van der Waals surface area (Å²) in [5.41, 5.74) is 2.00. The van der Waals surface area contributed by atoms with Crippen LogP contribution in [0.15, 0.2) is 36.7 Å². The molecule has 6 atom stereocenters. The molecule has 6 rings (SSSR count). The van der Waals surface area contributed by atoms with Crippen LogP contribution in [0.25, 0.3) is 11.2 Å². The molecule has 2 aliphatic heterocycles. The van der Waals surface area contributed by atoms with Gasteiger partial charge in [-0.2, -0.15) is 9.97 Å². The van der Waals surface area contributed by atoms with Crippen LogP contribution in [0.5, 0.6) is 0 Å². The maximum atomic E-state index is 12.1. The van der Waals surface area contributed by atoms with Crippen LogP contribution in [0.4, 0.5) is 5.82 Å². The van der Waals surface area contributed by atoms with Gasteiger partial charge in [0.15, 0.2) is 29.1 Å². The van der Waals surface area contributed by atoms with Gasteiger partial charge in [0, 0.05) is 6.54 Å². The zero-order valence-corrected chi connectivity index (χ0v) is 25.6. The number of hydrogen-bond acceptors (Lipinski definition) is 10. The predicted octanol–water partition coefficient (Wildman–Crippen LogP) is 3.34. The van der Waals surface area contributed by atoms with E-state index in [2.05, 4.69) is 32.0 Å². The SMILES string of the molecule is O=P(O)(O)CP(=O)(O)OC[C@H]1O[C@@H](n2cnc3c(N4CC5(CCCCC5)CC4c4ccccc4)nc(Cl)nc32)C(O)[C@H]1O. The maximum absolute atomic E-state index is 12.1. The summed E-state index contributed by atoms with van der Waals surface area (Å²) in [6, 6.07) is 10.3. The first-order chi connectivity index (χ1) is 20.3. The second-order valence-electron chi connectivity index (χ2n) is 11.7. The third kappa shape index (κ3) is 6.41. The molecule has 3 unspecified atom stereocenters. The van der Waals surface area contributed by atoms with Crippen LogP contribution in [0, 0.1) is 5.41 Å². The van der Waals surface area contributed by atoms with E-state index in [9.17, 15) is 24.2 Å². The van der Waals surface area contributed by atoms with Crippen LogP contribution in [-0.2, 0) is 18.4 Å². The van der Waals surface area contributed by atoms with Crippen molar-refractivity contribution in [2.75, 3.05) is 24.0 Å². The standard InChI is InChI=1S/C26H34ClN5O9P2/c27-25-29-22(31-13-26(9-5-2-6-10-26)11-17(31)16-7-3-1-4-8-16)19-23(30-25)32(14-28-19)24-21(34)20(33)18(41-24)12-40-43(38,39)15-42(35,36)37/h1,3-4,7-8,14,17-18,20-21,24,33-34H,2,5-6,9-13,15H2,(H,38,39)(H2,35,36,37)/t17?,18-,20+,21?,24-/m1/s1. The van der Waals surface area contributed by atoms with E-state index in [1.54, 1.807) is 0 Å². The molecule has 2 aromatic heterocycles. The van der Waals surface area contributed by atoms with E-state index in [0.29, 0.717) is 11.3 Å². The van der Waals surface area contributed by atoms with Crippen LogP contribution >= 0.6 is 26.8 Å². The lowest BCUT2D eigenvalue weighted by Gasteiger charge is -2.33. The molecule has 4 heterocycles. The average molecular weight is 658 g/mol. The van der Waals surface area contributed by atoms with Crippen molar-refractivity contribution in [1.29, 1.82) is 0 Å². The number of rotatable bonds is 8. The molecule has 1 aromatic carbocycles. The number of hydrogen-bond donors (Lipinski definition) is 5. The van der Waals surface area contributed by atoms with Crippen molar-refractivity contribution in [2.45, 2.75) is 69.1 Å². The minimum atomic E-state index is -4.84. The van der Waals surface area contributed by atoms with Crippen LogP contribution in [0.1, 0.15) is 56.4 Å². The topological polar surface area (TPSA) is 201 Å². The summed E-state index contributed by atoms with van der Waals surface area (Å²) in [6.07, 6.45) is 2.63. The van der Waals surface area contributed by atoms with E-state index in [4.69, 9.17) is 30.6 Å². The van der Waals surface area contributed by atoms with Gasteiger partial charge in [-0.3, -0.25) is 13.7 Å². The molecule has 2 saturated heterocycles. The van der Waals surface area contributed by atoms with E-state index in [1.165, 1.54) is 30.2 Å². The second kappa shape index (κ2) is 11.8. The monoisotopic (exact) mass is 657 g/mol. The Bertz CT molecular complexity index is 1570. The number of anilines is 1. The normalized spacial score (nSPS) is 29.0. The molecule has 0 bridgehead atoms. The number of aromatic nitrogens is 4. The first kappa shape index (κ1) is 31.0. The van der Waals surface area contributed by atoms with E-state index in [-0.39, 0.29) is 22.4 Å². The second-order valence-corrected chi connectivity index (χ2v) is 16.1. The van der Waals surface area contributed by atoms with Gasteiger partial charge in [0.25, 0.3) is 0 Å². The third-order valence-electron chi connectivity index (χ3n) is 8.67. The first-order valence-corrected chi connectivity index (χ1v) is 18.0. The Kier molecular flexibility index (Phi) is 8.49. The summed E-state index contributed by atoms with van der Waals surface area (Å²) in [5, 5.41) is 21.5. The zero-order chi connectivity index (χ0) is 30.6. The van der Waals surface area contributed by atoms with Crippen molar-refractivity contribution in [3.63, 3.8) is 0 Å². The Morgan fingerprint density at radius 1 is 1.05 bits per heavy atom. The molecule has 17 heteroatoms. The molecule has 1 aliphatic carbocycles. The lowest BCUT2D eigenvalue weighted by Crippen LogP contribution is -2.33. The van der Waals surface area contributed by atoms with Gasteiger partial charge in [0.05, 0.1) is 19.0 Å². The summed E-state index contributed by atoms with van der Waals surface area (Å²) >= 11 is 6.47. The van der Waals surface area contributed by atoms with Crippen LogP contribution in [0.2, 0.25) is 5.28 Å². The quantitative estimate of drug-likeness (QED) is 0.175. The Balaban J connectivity index is 1.30. The fraction of sp³-hybridized carbons (Fsp3) is 0.577. The zero-order valence-electron chi connectivity index (χ0n) is 23.1. The van der Waals surface area contributed by atoms with Crippen LogP contribution < -0.4 is 4.90 Å². The average Bonchev–Trinajstić information content (AvgIpc) is 3.61. The Morgan fingerprint density at radius 2 is 1.77 bits per heavy atom. The predicted molar refractivity (Wildman–Crippen MR) is 156 cm³/mol. The molecule has 5 N–H and O–H groups in total. The van der Waals surface area contributed by atoms with Crippen molar-refractivity contribution >= 4 is 43.8 Å². The molecule has 43 heavy (non-hydrogen) atoms. The van der Waals surface area contributed by atoms with Crippen molar-refractivity contribution in [1.82, 2.24) is 19.5 Å². The Morgan fingerprint density at radius 3 is 2.47 bits per heavy atom. The number of aliphatic hydroxyl groups is 2. The molecular formula is C26H34ClN5O9P2. The van der Waals surface area contributed by atoms with Gasteiger partial charge in [-0.15, -0.1) is 0 Å². The van der Waals surface area contributed by atoms with E-state index in [1.807, 2.05) is 18.2 Å². The molecule has 3 fully saturated rings. The highest BCUT2D eigenvalue weighted by molar-refractivity contribution is 7.70. The van der Waals surface area contributed by atoms with Gasteiger partial charge in [-0.25, -0.2) is 4.98 Å². The Hall–Kier alpha value is -1.96. The van der Waals surface area contributed by atoms with E-state index >= 15 is 0 Å². The van der Waals surface area contributed by atoms with Crippen LogP contribution in [-0.4, -0.2) is 81.8 Å². The number of nitrogens with zero attached hydrogens (tertiary/aromatic N) is 5. The third-order valence-corrected chi connectivity index (χ3v) is 12.3. The lowest BCUT2D eigenvalue weighted by atomic mass is 9.72. The minimum Gasteiger partial charge on any atom is -0.387 e. The van der Waals surface area contributed by atoms with Crippen molar-refractivity contribution in [2.24, 2.45) is 5.41 Å². The van der Waals surface area contributed by atoms with E-state index in [0.717, 1.165) is 31.4 Å². The van der Waals surface area contributed by atoms with Gasteiger partial charge >= 0.3 is 15.2 Å². The minimum absolute atomic E-state index is 0.0350. The van der Waals surface area contributed by atoms with Gasteiger partial charge in [-0.1, -0.05) is 49.6 Å². The summed E-state index contributed by atoms with van der Waals surface area (Å²) < 4.78 is 35.3. The smallest absolute Gasteiger partial charge is 0.340 e. The maximum Gasteiger partial charge on any atom is 0.340 e. The van der Waals surface area contributed by atoms with Gasteiger partial charge < -0.3 is 39.1 Å². The highest BCUT2D eigenvalue weighted by Crippen LogP contribution is 2.56. The summed E-state index contributed by atoms with van der Waals surface area (Å²) in [5.74, 6) is -0.836. The fourth-order valence-corrected chi connectivity index (χ4v) is 9.47. The van der Waals surface area contributed by atoms with Gasteiger partial charge in [0.2, 0.25) is 5.28 Å². The number of imidazole rings is 1. The summed E-state index contributed by atoms with van der Waals surface area (Å²) in [4.78, 5) is 43.7. The molecule has 1 saturated carbocycles. The fourth-order valence-electron chi connectivity index (χ4n) is 6.74. The van der Waals surface area contributed by atoms with Crippen LogP contribution in [0.3, 0.4) is 0 Å². The molecular weight excluding hydrogens is 624 g/mol. The molecule has 1 spiro atoms. The lowest BCUT2D eigenvalue weighted by molar-refractivity contribution is -0.0483. The van der Waals surface area contributed by atoms with Crippen molar-refractivity contribution in [3.8, 4) is 0 Å². The van der Waals surface area contributed by atoms with Crippen molar-refractivity contribution < 1.29 is 43.3 Å². The number of benzene rings is 1. The molecule has 0 radical (unpaired) electrons. The molecule has 0 amide bonds. The largest absolute Gasteiger partial charge is 0.387 e. The van der Waals surface area contributed by atoms with E-state index < -0.39 is 52.2 Å². The summed E-state index contributed by atoms with van der Waals surface area (Å²) in [7, 11) is -9.54. The molecule has 3 aromatic rings. The number of fused-ring (bicyclic) bond motifs is 1. The van der Waals surface area contributed by atoms with Crippen molar-refractivity contribution in [3.05, 3.63) is 47.5 Å². The molecule has 234 valence electrons.